The van der Waals surface area contributed by atoms with E-state index in [2.05, 4.69) is 5.32 Å². The van der Waals surface area contributed by atoms with Gasteiger partial charge in [-0.1, -0.05) is 60.7 Å². The first-order valence-electron chi connectivity index (χ1n) is 7.01. The van der Waals surface area contributed by atoms with Crippen molar-refractivity contribution >= 4 is 12.1 Å². The minimum absolute atomic E-state index is 0.0529. The Morgan fingerprint density at radius 1 is 1.00 bits per heavy atom. The maximum Gasteiger partial charge on any atom is 0.408 e. The van der Waals surface area contributed by atoms with E-state index in [0.29, 0.717) is 5.56 Å². The lowest BCUT2D eigenvalue weighted by molar-refractivity contribution is -0.148. The molecule has 0 aliphatic carbocycles. The van der Waals surface area contributed by atoms with Crippen molar-refractivity contribution in [3.05, 3.63) is 71.8 Å². The van der Waals surface area contributed by atoms with Crippen molar-refractivity contribution < 1.29 is 24.5 Å². The van der Waals surface area contributed by atoms with Gasteiger partial charge in [0, 0.05) is 0 Å². The van der Waals surface area contributed by atoms with E-state index in [1.807, 2.05) is 18.2 Å². The number of carboxylic acid groups (broad SMARTS) is 1. The van der Waals surface area contributed by atoms with Crippen LogP contribution in [0.3, 0.4) is 0 Å². The first kappa shape index (κ1) is 16.5. The molecule has 0 saturated carbocycles. The number of carbonyl (C=O) groups is 2. The Morgan fingerprint density at radius 3 is 2.13 bits per heavy atom. The molecule has 0 heterocycles. The Balaban J connectivity index is 2.02. The minimum Gasteiger partial charge on any atom is -0.479 e. The maximum absolute atomic E-state index is 11.9. The number of benzene rings is 2. The van der Waals surface area contributed by atoms with Gasteiger partial charge < -0.3 is 20.3 Å². The Bertz CT molecular complexity index is 645. The van der Waals surface area contributed by atoms with Crippen LogP contribution in [0.4, 0.5) is 4.79 Å². The summed E-state index contributed by atoms with van der Waals surface area (Å²) in [6.07, 6.45) is -2.58. The molecule has 3 N–H and O–H groups in total. The van der Waals surface area contributed by atoms with E-state index in [4.69, 9.17) is 9.84 Å². The van der Waals surface area contributed by atoms with Gasteiger partial charge >= 0.3 is 12.1 Å². The maximum atomic E-state index is 11.9. The smallest absolute Gasteiger partial charge is 0.408 e. The van der Waals surface area contributed by atoms with Gasteiger partial charge in [0.25, 0.3) is 0 Å². The number of carbonyl (C=O) groups excluding carboxylic acids is 1. The summed E-state index contributed by atoms with van der Waals surface area (Å²) < 4.78 is 5.06. The molecule has 0 saturated heterocycles. The number of aliphatic hydroxyl groups excluding tert-OH is 1. The molecule has 6 nitrogen and oxygen atoms in total. The van der Waals surface area contributed by atoms with Crippen molar-refractivity contribution in [1.29, 1.82) is 0 Å². The molecule has 2 atom stereocenters. The van der Waals surface area contributed by atoms with Crippen LogP contribution in [0.15, 0.2) is 60.7 Å². The summed E-state index contributed by atoms with van der Waals surface area (Å²) in [5.74, 6) is -1.43. The second-order valence-corrected chi connectivity index (χ2v) is 4.88. The zero-order chi connectivity index (χ0) is 16.7. The quantitative estimate of drug-likeness (QED) is 0.758. The monoisotopic (exact) mass is 315 g/mol. The van der Waals surface area contributed by atoms with Crippen LogP contribution >= 0.6 is 0 Å². The van der Waals surface area contributed by atoms with E-state index in [9.17, 15) is 14.7 Å². The van der Waals surface area contributed by atoms with E-state index in [0.717, 1.165) is 5.56 Å². The molecule has 0 bridgehead atoms. The van der Waals surface area contributed by atoms with E-state index < -0.39 is 24.2 Å². The van der Waals surface area contributed by atoms with Crippen LogP contribution in [-0.4, -0.2) is 28.4 Å². The molecule has 0 aliphatic heterocycles. The lowest BCUT2D eigenvalue weighted by atomic mass is 10.0. The number of nitrogens with one attached hydrogen (secondary N) is 1. The fraction of sp³-hybridized carbons (Fsp3) is 0.176. The van der Waals surface area contributed by atoms with Crippen molar-refractivity contribution in [3.63, 3.8) is 0 Å². The molecular formula is C17H17NO5. The lowest BCUT2D eigenvalue weighted by Crippen LogP contribution is -2.40. The summed E-state index contributed by atoms with van der Waals surface area (Å²) in [5.41, 5.74) is 1.27. The van der Waals surface area contributed by atoms with Crippen LogP contribution in [0.1, 0.15) is 17.2 Å². The second kappa shape index (κ2) is 7.95. The Hall–Kier alpha value is -2.86. The van der Waals surface area contributed by atoms with Gasteiger partial charge in [0.1, 0.15) is 6.61 Å². The molecule has 1 amide bonds. The highest BCUT2D eigenvalue weighted by Crippen LogP contribution is 2.17. The highest BCUT2D eigenvalue weighted by atomic mass is 16.5. The summed E-state index contributed by atoms with van der Waals surface area (Å²) in [7, 11) is 0. The molecule has 0 radical (unpaired) electrons. The van der Waals surface area contributed by atoms with E-state index in [-0.39, 0.29) is 6.61 Å². The predicted molar refractivity (Wildman–Crippen MR) is 82.6 cm³/mol. The van der Waals surface area contributed by atoms with Crippen LogP contribution < -0.4 is 5.32 Å². The van der Waals surface area contributed by atoms with Gasteiger partial charge in [0.05, 0.1) is 6.04 Å². The van der Waals surface area contributed by atoms with Crippen molar-refractivity contribution in [2.45, 2.75) is 18.8 Å². The largest absolute Gasteiger partial charge is 0.479 e. The van der Waals surface area contributed by atoms with Crippen molar-refractivity contribution in [1.82, 2.24) is 5.32 Å². The molecule has 0 aromatic heterocycles. The van der Waals surface area contributed by atoms with Gasteiger partial charge in [0.2, 0.25) is 0 Å². The summed E-state index contributed by atoms with van der Waals surface area (Å²) in [4.78, 5) is 22.9. The van der Waals surface area contributed by atoms with Crippen molar-refractivity contribution in [2.24, 2.45) is 0 Å². The molecule has 2 aromatic rings. The number of alkyl carbamates (subject to hydrolysis) is 1. The average Bonchev–Trinajstić information content (AvgIpc) is 2.59. The standard InChI is InChI=1S/C17H17NO5/c19-15(16(20)21)14(13-9-5-2-6-10-13)18-17(22)23-11-12-7-3-1-4-8-12/h1-10,14-15,19H,11H2,(H,18,22)(H,20,21). The number of amides is 1. The van der Waals surface area contributed by atoms with Crippen LogP contribution in [0.5, 0.6) is 0 Å². The second-order valence-electron chi connectivity index (χ2n) is 4.88. The Kier molecular flexibility index (Phi) is 5.71. The molecule has 2 aromatic carbocycles. The number of hydrogen-bond donors (Lipinski definition) is 3. The molecule has 2 unspecified atom stereocenters. The number of ether oxygens (including phenoxy) is 1. The Morgan fingerprint density at radius 2 is 1.57 bits per heavy atom. The van der Waals surface area contributed by atoms with E-state index >= 15 is 0 Å². The molecule has 23 heavy (non-hydrogen) atoms. The van der Waals surface area contributed by atoms with Gasteiger partial charge in [0.15, 0.2) is 6.10 Å². The Labute approximate surface area is 133 Å². The first-order valence-corrected chi connectivity index (χ1v) is 7.01. The number of rotatable bonds is 6. The molecule has 120 valence electrons. The van der Waals surface area contributed by atoms with E-state index in [1.54, 1.807) is 42.5 Å². The molecule has 2 rings (SSSR count). The molecular weight excluding hydrogens is 298 g/mol. The first-order chi connectivity index (χ1) is 11.1. The lowest BCUT2D eigenvalue weighted by Gasteiger charge is -2.21. The van der Waals surface area contributed by atoms with Crippen LogP contribution in [0.2, 0.25) is 0 Å². The van der Waals surface area contributed by atoms with Crippen molar-refractivity contribution in [3.8, 4) is 0 Å². The topological polar surface area (TPSA) is 95.9 Å². The van der Waals surface area contributed by atoms with Crippen LogP contribution in [-0.2, 0) is 16.1 Å². The summed E-state index contributed by atoms with van der Waals surface area (Å²) in [5, 5.41) is 21.2. The van der Waals surface area contributed by atoms with Crippen molar-refractivity contribution in [2.75, 3.05) is 0 Å². The van der Waals surface area contributed by atoms with Gasteiger partial charge in [-0.25, -0.2) is 9.59 Å². The normalized spacial score (nSPS) is 12.9. The minimum atomic E-state index is -1.78. The van der Waals surface area contributed by atoms with Crippen LogP contribution in [0.25, 0.3) is 0 Å². The molecule has 0 aliphatic rings. The van der Waals surface area contributed by atoms with Gasteiger partial charge in [-0.05, 0) is 11.1 Å². The van der Waals surface area contributed by atoms with Gasteiger partial charge in [-0.2, -0.15) is 0 Å². The fourth-order valence-corrected chi connectivity index (χ4v) is 2.04. The fourth-order valence-electron chi connectivity index (χ4n) is 2.04. The zero-order valence-corrected chi connectivity index (χ0v) is 12.3. The van der Waals surface area contributed by atoms with Crippen LogP contribution in [0, 0.1) is 0 Å². The molecule has 6 heteroatoms. The van der Waals surface area contributed by atoms with Gasteiger partial charge in [-0.15, -0.1) is 0 Å². The highest BCUT2D eigenvalue weighted by Gasteiger charge is 2.29. The zero-order valence-electron chi connectivity index (χ0n) is 12.3. The number of carboxylic acids is 1. The third kappa shape index (κ3) is 4.82. The number of aliphatic hydroxyl groups is 1. The average molecular weight is 315 g/mol. The number of aliphatic carboxylic acids is 1. The molecule has 0 fully saturated rings. The molecule has 0 spiro atoms. The summed E-state index contributed by atoms with van der Waals surface area (Å²) in [6.45, 7) is 0.0529. The SMILES string of the molecule is O=C(NC(c1ccccc1)C(O)C(=O)O)OCc1ccccc1. The predicted octanol–water partition coefficient (Wildman–Crippen LogP) is 2.10. The third-order valence-corrected chi connectivity index (χ3v) is 3.21. The summed E-state index contributed by atoms with van der Waals surface area (Å²) in [6, 6.07) is 16.3. The van der Waals surface area contributed by atoms with E-state index in [1.165, 1.54) is 0 Å². The number of hydrogen-bond acceptors (Lipinski definition) is 4. The highest BCUT2D eigenvalue weighted by molar-refractivity contribution is 5.75. The van der Waals surface area contributed by atoms with Gasteiger partial charge in [-0.3, -0.25) is 0 Å². The summed E-state index contributed by atoms with van der Waals surface area (Å²) >= 11 is 0. The third-order valence-electron chi connectivity index (χ3n) is 3.21.